The average Bonchev–Trinajstić information content (AvgIpc) is 3.42. The molecule has 0 unspecified atom stereocenters. The SMILES string of the molecule is O=C(Nc1cnn2cccnc12)c1cc2cn(C3CCC4(CC3)CC(O)C4)nc2cc1OC1CC1. The molecule has 7 rings (SSSR count). The molecule has 0 aliphatic heterocycles. The van der Waals surface area contributed by atoms with E-state index < -0.39 is 0 Å². The summed E-state index contributed by atoms with van der Waals surface area (Å²) in [4.78, 5) is 17.7. The highest BCUT2D eigenvalue weighted by Gasteiger charge is 2.45. The van der Waals surface area contributed by atoms with Crippen LogP contribution in [0.15, 0.2) is 43.0 Å². The number of carbonyl (C=O) groups is 1. The summed E-state index contributed by atoms with van der Waals surface area (Å²) in [5.74, 6) is 0.317. The van der Waals surface area contributed by atoms with E-state index in [-0.39, 0.29) is 18.1 Å². The molecule has 0 radical (unpaired) electrons. The minimum absolute atomic E-state index is 0.107. The minimum Gasteiger partial charge on any atom is -0.490 e. The van der Waals surface area contributed by atoms with Gasteiger partial charge in [0.05, 0.1) is 35.5 Å². The summed E-state index contributed by atoms with van der Waals surface area (Å²) in [6.07, 6.45) is 15.5. The van der Waals surface area contributed by atoms with Crippen molar-refractivity contribution in [1.29, 1.82) is 0 Å². The van der Waals surface area contributed by atoms with Crippen LogP contribution in [0.25, 0.3) is 16.6 Å². The standard InChI is InChI=1S/C26H28N6O3/c33-18-12-26(13-18)6-4-17(5-7-26)32-15-16-10-20(23(11-21(16)30-32)35-19-2-3-19)25(34)29-22-14-28-31-9-1-8-27-24(22)31/h1,8-11,14-15,17-19,33H,2-7,12-13H2,(H,29,34). The molecule has 3 aliphatic carbocycles. The number of anilines is 1. The van der Waals surface area contributed by atoms with Crippen LogP contribution in [0.2, 0.25) is 0 Å². The summed E-state index contributed by atoms with van der Waals surface area (Å²) < 4.78 is 9.84. The van der Waals surface area contributed by atoms with Gasteiger partial charge in [-0.1, -0.05) is 0 Å². The molecular weight excluding hydrogens is 444 g/mol. The normalized spacial score (nSPS) is 26.2. The molecule has 0 bridgehead atoms. The first-order chi connectivity index (χ1) is 17.1. The van der Waals surface area contributed by atoms with Crippen LogP contribution in [-0.4, -0.2) is 47.6 Å². The van der Waals surface area contributed by atoms with Crippen molar-refractivity contribution in [3.05, 3.63) is 48.5 Å². The molecule has 3 aromatic heterocycles. The number of hydrogen-bond acceptors (Lipinski definition) is 6. The van der Waals surface area contributed by atoms with Crippen LogP contribution in [0.1, 0.15) is 67.8 Å². The van der Waals surface area contributed by atoms with Gasteiger partial charge in [0.15, 0.2) is 5.65 Å². The van der Waals surface area contributed by atoms with E-state index in [0.717, 1.165) is 62.3 Å². The van der Waals surface area contributed by atoms with Crippen LogP contribution in [0, 0.1) is 5.41 Å². The molecule has 35 heavy (non-hydrogen) atoms. The molecule has 3 saturated carbocycles. The van der Waals surface area contributed by atoms with Gasteiger partial charge in [-0.15, -0.1) is 0 Å². The highest BCUT2D eigenvalue weighted by Crippen LogP contribution is 2.53. The van der Waals surface area contributed by atoms with Gasteiger partial charge in [-0.25, -0.2) is 9.50 Å². The number of benzene rings is 1. The number of aromatic nitrogens is 5. The molecule has 2 N–H and O–H groups in total. The molecule has 0 atom stereocenters. The van der Waals surface area contributed by atoms with Gasteiger partial charge in [0.25, 0.3) is 5.91 Å². The molecular formula is C26H28N6O3. The summed E-state index contributed by atoms with van der Waals surface area (Å²) in [6.45, 7) is 0. The van der Waals surface area contributed by atoms with Crippen molar-refractivity contribution < 1.29 is 14.6 Å². The predicted molar refractivity (Wildman–Crippen MR) is 130 cm³/mol. The highest BCUT2D eigenvalue weighted by molar-refractivity contribution is 6.09. The van der Waals surface area contributed by atoms with E-state index in [0.29, 0.717) is 34.1 Å². The molecule has 3 fully saturated rings. The van der Waals surface area contributed by atoms with Crippen LogP contribution in [0.5, 0.6) is 5.75 Å². The van der Waals surface area contributed by atoms with Gasteiger partial charge in [0.1, 0.15) is 11.4 Å². The number of fused-ring (bicyclic) bond motifs is 2. The van der Waals surface area contributed by atoms with E-state index in [9.17, 15) is 9.90 Å². The van der Waals surface area contributed by atoms with Crippen LogP contribution in [0.3, 0.4) is 0 Å². The Labute approximate surface area is 202 Å². The summed E-state index contributed by atoms with van der Waals surface area (Å²) in [7, 11) is 0. The maximum absolute atomic E-state index is 13.4. The molecule has 9 nitrogen and oxygen atoms in total. The van der Waals surface area contributed by atoms with Crippen molar-refractivity contribution in [3.8, 4) is 5.75 Å². The Morgan fingerprint density at radius 2 is 2.00 bits per heavy atom. The lowest BCUT2D eigenvalue weighted by Gasteiger charge is -2.49. The summed E-state index contributed by atoms with van der Waals surface area (Å²) >= 11 is 0. The number of aliphatic hydroxyl groups is 1. The lowest BCUT2D eigenvalue weighted by atomic mass is 9.59. The van der Waals surface area contributed by atoms with Crippen LogP contribution >= 0.6 is 0 Å². The lowest BCUT2D eigenvalue weighted by Crippen LogP contribution is -2.43. The van der Waals surface area contributed by atoms with Crippen molar-refractivity contribution in [2.45, 2.75) is 69.6 Å². The predicted octanol–water partition coefficient (Wildman–Crippen LogP) is 4.13. The van der Waals surface area contributed by atoms with Crippen molar-refractivity contribution in [1.82, 2.24) is 24.4 Å². The first-order valence-electron chi connectivity index (χ1n) is 12.5. The van der Waals surface area contributed by atoms with Crippen molar-refractivity contribution in [3.63, 3.8) is 0 Å². The maximum atomic E-state index is 13.4. The topological polar surface area (TPSA) is 107 Å². The second kappa shape index (κ2) is 7.78. The number of aliphatic hydroxyl groups excluding tert-OH is 1. The molecule has 1 aromatic carbocycles. The molecule has 0 saturated heterocycles. The minimum atomic E-state index is -0.251. The van der Waals surface area contributed by atoms with Gasteiger partial charge >= 0.3 is 0 Å². The Morgan fingerprint density at radius 1 is 1.17 bits per heavy atom. The number of carbonyl (C=O) groups excluding carboxylic acids is 1. The van der Waals surface area contributed by atoms with E-state index >= 15 is 0 Å². The summed E-state index contributed by atoms with van der Waals surface area (Å²) in [5, 5.41) is 22.8. The van der Waals surface area contributed by atoms with E-state index in [2.05, 4.69) is 26.3 Å². The Kier molecular flexibility index (Phi) is 4.64. The van der Waals surface area contributed by atoms with E-state index in [1.54, 1.807) is 29.2 Å². The largest absolute Gasteiger partial charge is 0.490 e. The fourth-order valence-electron chi connectivity index (χ4n) is 5.83. The molecule has 1 amide bonds. The Hall–Kier alpha value is -3.46. The number of hydrogen-bond donors (Lipinski definition) is 2. The third kappa shape index (κ3) is 3.74. The Bertz CT molecular complexity index is 1420. The maximum Gasteiger partial charge on any atom is 0.259 e. The highest BCUT2D eigenvalue weighted by atomic mass is 16.5. The van der Waals surface area contributed by atoms with E-state index in [1.807, 2.05) is 12.1 Å². The zero-order valence-electron chi connectivity index (χ0n) is 19.4. The third-order valence-electron chi connectivity index (χ3n) is 7.94. The Balaban J connectivity index is 1.17. The smallest absolute Gasteiger partial charge is 0.259 e. The molecule has 180 valence electrons. The zero-order valence-corrected chi connectivity index (χ0v) is 19.4. The monoisotopic (exact) mass is 472 g/mol. The third-order valence-corrected chi connectivity index (χ3v) is 7.94. The number of nitrogens with one attached hydrogen (secondary N) is 1. The van der Waals surface area contributed by atoms with Crippen molar-refractivity contribution in [2.24, 2.45) is 5.41 Å². The zero-order chi connectivity index (χ0) is 23.6. The fourth-order valence-corrected chi connectivity index (χ4v) is 5.83. The van der Waals surface area contributed by atoms with Gasteiger partial charge < -0.3 is 15.2 Å². The lowest BCUT2D eigenvalue weighted by molar-refractivity contribution is -0.0611. The van der Waals surface area contributed by atoms with E-state index in [1.165, 1.54) is 0 Å². The summed E-state index contributed by atoms with van der Waals surface area (Å²) in [6, 6.07) is 5.93. The number of ether oxygens (including phenoxy) is 1. The van der Waals surface area contributed by atoms with Gasteiger partial charge in [-0.05, 0) is 68.9 Å². The molecule has 3 aliphatic rings. The van der Waals surface area contributed by atoms with Gasteiger partial charge in [0.2, 0.25) is 0 Å². The van der Waals surface area contributed by atoms with Crippen molar-refractivity contribution >= 4 is 28.1 Å². The molecule has 3 heterocycles. The average molecular weight is 473 g/mol. The molecule has 1 spiro atoms. The van der Waals surface area contributed by atoms with Crippen LogP contribution in [-0.2, 0) is 0 Å². The van der Waals surface area contributed by atoms with Gasteiger partial charge in [0, 0.05) is 30.0 Å². The van der Waals surface area contributed by atoms with Gasteiger partial charge in [-0.2, -0.15) is 10.2 Å². The fraction of sp³-hybridized carbons (Fsp3) is 0.462. The molecule has 4 aromatic rings. The number of amides is 1. The second-order valence-corrected chi connectivity index (χ2v) is 10.5. The van der Waals surface area contributed by atoms with Gasteiger partial charge in [-0.3, -0.25) is 9.48 Å². The first-order valence-corrected chi connectivity index (χ1v) is 12.5. The summed E-state index contributed by atoms with van der Waals surface area (Å²) in [5.41, 5.74) is 2.83. The quantitative estimate of drug-likeness (QED) is 0.452. The van der Waals surface area contributed by atoms with Crippen molar-refractivity contribution in [2.75, 3.05) is 5.32 Å². The second-order valence-electron chi connectivity index (χ2n) is 10.5. The van der Waals surface area contributed by atoms with Crippen LogP contribution < -0.4 is 10.1 Å². The Morgan fingerprint density at radius 3 is 2.77 bits per heavy atom. The first kappa shape index (κ1) is 20.9. The molecule has 9 heteroatoms. The van der Waals surface area contributed by atoms with Crippen LogP contribution in [0.4, 0.5) is 5.69 Å². The number of rotatable bonds is 5. The number of nitrogens with zero attached hydrogens (tertiary/aromatic N) is 5. The van der Waals surface area contributed by atoms with E-state index in [4.69, 9.17) is 9.84 Å².